The number of amides is 3. The molecule has 0 unspecified atom stereocenters. The topological polar surface area (TPSA) is 114 Å². The van der Waals surface area contributed by atoms with Gasteiger partial charge in [-0.15, -0.1) is 0 Å². The third-order valence-electron chi connectivity index (χ3n) is 4.31. The summed E-state index contributed by atoms with van der Waals surface area (Å²) < 4.78 is 19.4. The number of carbonyl (C=O) groups excluding carboxylic acids is 3. The highest BCUT2D eigenvalue weighted by molar-refractivity contribution is 5.99. The van der Waals surface area contributed by atoms with E-state index in [-0.39, 0.29) is 48.8 Å². The summed E-state index contributed by atoms with van der Waals surface area (Å²) in [5, 5.41) is 5.13. The average molecular weight is 364 g/mol. The van der Waals surface area contributed by atoms with Crippen LogP contribution in [0.2, 0.25) is 0 Å². The minimum atomic E-state index is -0.883. The summed E-state index contributed by atoms with van der Waals surface area (Å²) >= 11 is 0. The van der Waals surface area contributed by atoms with Gasteiger partial charge in [0.1, 0.15) is 18.5 Å². The molecule has 9 heteroatoms. The lowest BCUT2D eigenvalue weighted by Crippen LogP contribution is -2.48. The van der Waals surface area contributed by atoms with Crippen LogP contribution >= 0.6 is 0 Å². The molecule has 8 nitrogen and oxygen atoms in total. The minimum absolute atomic E-state index is 0.0420. The van der Waals surface area contributed by atoms with Gasteiger partial charge in [0.25, 0.3) is 5.91 Å². The molecular formula is C17H21FN4O4. The van der Waals surface area contributed by atoms with E-state index >= 15 is 0 Å². The summed E-state index contributed by atoms with van der Waals surface area (Å²) in [5.41, 5.74) is 5.91. The lowest BCUT2D eigenvalue weighted by molar-refractivity contribution is -0.127. The van der Waals surface area contributed by atoms with E-state index in [1.165, 1.54) is 17.0 Å². The van der Waals surface area contributed by atoms with Gasteiger partial charge in [-0.05, 0) is 31.0 Å². The largest absolute Gasteiger partial charge is 0.370 e. The number of carbonyl (C=O) groups is 3. The van der Waals surface area contributed by atoms with Gasteiger partial charge in [-0.3, -0.25) is 14.4 Å². The normalized spacial score (nSPS) is 18.4. The fraction of sp³-hybridized carbons (Fsp3) is 0.471. The van der Waals surface area contributed by atoms with Gasteiger partial charge in [0, 0.05) is 24.7 Å². The molecule has 0 aromatic heterocycles. The molecule has 0 spiro atoms. The van der Waals surface area contributed by atoms with E-state index in [0.29, 0.717) is 6.61 Å². The quantitative estimate of drug-likeness (QED) is 0.657. The van der Waals surface area contributed by atoms with Crippen molar-refractivity contribution in [2.75, 3.05) is 36.5 Å². The van der Waals surface area contributed by atoms with E-state index in [1.54, 1.807) is 0 Å². The standard InChI is InChI=1S/C17H21FN4O4/c18-12-7-11(3-4-14(12)22-5-6-26-9-15(22)23)20-17(25)13(8-19)21-16(24)10-1-2-10/h3-4,7,10,13H,1-2,5-6,8-9,19H2,(H,20,25)(H,21,24)/t13-/m1/s1. The van der Waals surface area contributed by atoms with Gasteiger partial charge in [-0.2, -0.15) is 0 Å². The van der Waals surface area contributed by atoms with Gasteiger partial charge in [0.15, 0.2) is 0 Å². The zero-order valence-electron chi connectivity index (χ0n) is 14.2. The summed E-state index contributed by atoms with van der Waals surface area (Å²) in [6, 6.07) is 3.17. The molecule has 0 radical (unpaired) electrons. The number of anilines is 2. The Morgan fingerprint density at radius 2 is 2.15 bits per heavy atom. The van der Waals surface area contributed by atoms with Crippen molar-refractivity contribution in [2.45, 2.75) is 18.9 Å². The number of halogens is 1. The number of rotatable bonds is 6. The number of hydrogen-bond acceptors (Lipinski definition) is 5. The maximum Gasteiger partial charge on any atom is 0.253 e. The Hall–Kier alpha value is -2.52. The van der Waals surface area contributed by atoms with E-state index in [9.17, 15) is 18.8 Å². The Labute approximate surface area is 149 Å². The van der Waals surface area contributed by atoms with Crippen LogP contribution in [0.25, 0.3) is 0 Å². The van der Waals surface area contributed by atoms with Gasteiger partial charge in [0.2, 0.25) is 11.8 Å². The lowest BCUT2D eigenvalue weighted by Gasteiger charge is -2.27. The average Bonchev–Trinajstić information content (AvgIpc) is 3.45. The molecule has 1 aromatic rings. The summed E-state index contributed by atoms with van der Waals surface area (Å²) in [7, 11) is 0. The Kier molecular flexibility index (Phi) is 5.48. The molecule has 140 valence electrons. The molecule has 3 rings (SSSR count). The number of ether oxygens (including phenoxy) is 1. The highest BCUT2D eigenvalue weighted by Crippen LogP contribution is 2.29. The SMILES string of the molecule is NC[C@@H](NC(=O)C1CC1)C(=O)Nc1ccc(N2CCOCC2=O)c(F)c1. The summed E-state index contributed by atoms with van der Waals surface area (Å²) in [6.45, 7) is 0.455. The van der Waals surface area contributed by atoms with Gasteiger partial charge in [-0.25, -0.2) is 4.39 Å². The van der Waals surface area contributed by atoms with Gasteiger partial charge >= 0.3 is 0 Å². The molecular weight excluding hydrogens is 343 g/mol. The molecule has 26 heavy (non-hydrogen) atoms. The van der Waals surface area contributed by atoms with E-state index in [1.807, 2.05) is 0 Å². The summed E-state index contributed by atoms with van der Waals surface area (Å²) in [6.07, 6.45) is 1.63. The molecule has 2 fully saturated rings. The highest BCUT2D eigenvalue weighted by atomic mass is 19.1. The molecule has 1 aliphatic heterocycles. The van der Waals surface area contributed by atoms with Crippen molar-refractivity contribution in [1.82, 2.24) is 5.32 Å². The third-order valence-corrected chi connectivity index (χ3v) is 4.31. The molecule has 4 N–H and O–H groups in total. The van der Waals surface area contributed by atoms with E-state index in [4.69, 9.17) is 10.5 Å². The first-order valence-electron chi connectivity index (χ1n) is 8.48. The maximum atomic E-state index is 14.4. The monoisotopic (exact) mass is 364 g/mol. The molecule has 1 aromatic carbocycles. The number of benzene rings is 1. The molecule has 1 saturated carbocycles. The van der Waals surface area contributed by atoms with Gasteiger partial charge < -0.3 is 26.0 Å². The maximum absolute atomic E-state index is 14.4. The van der Waals surface area contributed by atoms with Crippen LogP contribution in [0.3, 0.4) is 0 Å². The number of hydrogen-bond donors (Lipinski definition) is 3. The zero-order valence-corrected chi connectivity index (χ0v) is 14.2. The minimum Gasteiger partial charge on any atom is -0.370 e. The molecule has 2 aliphatic rings. The smallest absolute Gasteiger partial charge is 0.253 e. The predicted molar refractivity (Wildman–Crippen MR) is 91.9 cm³/mol. The highest BCUT2D eigenvalue weighted by Gasteiger charge is 2.32. The van der Waals surface area contributed by atoms with Crippen molar-refractivity contribution < 1.29 is 23.5 Å². The number of nitrogens with two attached hydrogens (primary N) is 1. The Morgan fingerprint density at radius 3 is 2.77 bits per heavy atom. The van der Waals surface area contributed by atoms with Crippen molar-refractivity contribution in [3.63, 3.8) is 0 Å². The second kappa shape index (κ2) is 7.79. The Balaban J connectivity index is 1.65. The van der Waals surface area contributed by atoms with Crippen LogP contribution in [0.5, 0.6) is 0 Å². The van der Waals surface area contributed by atoms with Gasteiger partial charge in [0.05, 0.1) is 12.3 Å². The first kappa shape index (κ1) is 18.3. The van der Waals surface area contributed by atoms with Crippen LogP contribution in [0.1, 0.15) is 12.8 Å². The van der Waals surface area contributed by atoms with Crippen molar-refractivity contribution in [2.24, 2.45) is 11.7 Å². The second-order valence-corrected chi connectivity index (χ2v) is 6.32. The second-order valence-electron chi connectivity index (χ2n) is 6.32. The Morgan fingerprint density at radius 1 is 1.38 bits per heavy atom. The fourth-order valence-corrected chi connectivity index (χ4v) is 2.67. The molecule has 1 heterocycles. The Bertz CT molecular complexity index is 723. The van der Waals surface area contributed by atoms with Crippen LogP contribution in [0, 0.1) is 11.7 Å². The van der Waals surface area contributed by atoms with E-state index in [0.717, 1.165) is 18.9 Å². The van der Waals surface area contributed by atoms with Crippen molar-refractivity contribution in [1.29, 1.82) is 0 Å². The lowest BCUT2D eigenvalue weighted by atomic mass is 10.2. The molecule has 1 aliphatic carbocycles. The van der Waals surface area contributed by atoms with E-state index in [2.05, 4.69) is 10.6 Å². The first-order chi connectivity index (χ1) is 12.5. The summed E-state index contributed by atoms with van der Waals surface area (Å²) in [4.78, 5) is 37.2. The van der Waals surface area contributed by atoms with Crippen molar-refractivity contribution in [3.8, 4) is 0 Å². The van der Waals surface area contributed by atoms with E-state index < -0.39 is 17.8 Å². The number of nitrogens with zero attached hydrogens (tertiary/aromatic N) is 1. The van der Waals surface area contributed by atoms with Crippen LogP contribution in [-0.4, -0.2) is 50.1 Å². The first-order valence-corrected chi connectivity index (χ1v) is 8.48. The molecule has 0 bridgehead atoms. The molecule has 3 amide bonds. The van der Waals surface area contributed by atoms with Crippen LogP contribution in [0.4, 0.5) is 15.8 Å². The van der Waals surface area contributed by atoms with Crippen LogP contribution in [-0.2, 0) is 19.1 Å². The third kappa shape index (κ3) is 4.17. The van der Waals surface area contributed by atoms with Crippen molar-refractivity contribution in [3.05, 3.63) is 24.0 Å². The fourth-order valence-electron chi connectivity index (χ4n) is 2.67. The molecule has 1 saturated heterocycles. The number of nitrogens with one attached hydrogen (secondary N) is 2. The predicted octanol–water partition coefficient (Wildman–Crippen LogP) is -0.0191. The zero-order chi connectivity index (χ0) is 18.7. The van der Waals surface area contributed by atoms with Crippen molar-refractivity contribution >= 4 is 29.1 Å². The van der Waals surface area contributed by atoms with Crippen LogP contribution < -0.4 is 21.3 Å². The number of morpholine rings is 1. The van der Waals surface area contributed by atoms with Crippen LogP contribution in [0.15, 0.2) is 18.2 Å². The summed E-state index contributed by atoms with van der Waals surface area (Å²) in [5.74, 6) is -1.71. The van der Waals surface area contributed by atoms with Gasteiger partial charge in [-0.1, -0.05) is 0 Å². The molecule has 1 atom stereocenters.